The highest BCUT2D eigenvalue weighted by Crippen LogP contribution is 2.19. The van der Waals surface area contributed by atoms with Crippen molar-refractivity contribution in [3.05, 3.63) is 35.4 Å². The largest absolute Gasteiger partial charge is 0.359 e. The molecule has 0 aromatic heterocycles. The molecule has 1 aromatic carbocycles. The van der Waals surface area contributed by atoms with Gasteiger partial charge in [-0.2, -0.15) is 0 Å². The van der Waals surface area contributed by atoms with Crippen LogP contribution in [-0.4, -0.2) is 13.0 Å². The number of hydrogen-bond donors (Lipinski definition) is 1. The van der Waals surface area contributed by atoms with E-state index in [1.165, 1.54) is 5.56 Å². The van der Waals surface area contributed by atoms with Gasteiger partial charge in [-0.3, -0.25) is 4.79 Å². The van der Waals surface area contributed by atoms with Gasteiger partial charge in [0.05, 0.1) is 6.42 Å². The Morgan fingerprint density at radius 1 is 1.36 bits per heavy atom. The minimum atomic E-state index is 0.0677. The van der Waals surface area contributed by atoms with Crippen molar-refractivity contribution in [2.75, 3.05) is 7.05 Å². The third-order valence-electron chi connectivity index (χ3n) is 2.31. The van der Waals surface area contributed by atoms with E-state index in [1.807, 2.05) is 18.2 Å². The summed E-state index contributed by atoms with van der Waals surface area (Å²) in [5.41, 5.74) is 2.39. The van der Waals surface area contributed by atoms with E-state index in [9.17, 15) is 4.79 Å². The Hall–Kier alpha value is -1.31. The van der Waals surface area contributed by atoms with Gasteiger partial charge in [0.1, 0.15) is 0 Å². The SMILES string of the molecule is CNC(=O)Cc1ccccc1C(C)C. The van der Waals surface area contributed by atoms with E-state index < -0.39 is 0 Å². The van der Waals surface area contributed by atoms with Crippen LogP contribution in [0.2, 0.25) is 0 Å². The summed E-state index contributed by atoms with van der Waals surface area (Å²) in [6, 6.07) is 8.10. The molecular weight excluding hydrogens is 174 g/mol. The number of hydrogen-bond acceptors (Lipinski definition) is 1. The topological polar surface area (TPSA) is 29.1 Å². The molecular formula is C12H17NO. The number of carbonyl (C=O) groups is 1. The second kappa shape index (κ2) is 4.80. The number of benzene rings is 1. The van der Waals surface area contributed by atoms with Crippen molar-refractivity contribution in [1.82, 2.24) is 5.32 Å². The Morgan fingerprint density at radius 2 is 2.00 bits per heavy atom. The van der Waals surface area contributed by atoms with Gasteiger partial charge in [-0.25, -0.2) is 0 Å². The normalized spacial score (nSPS) is 10.3. The summed E-state index contributed by atoms with van der Waals surface area (Å²) >= 11 is 0. The summed E-state index contributed by atoms with van der Waals surface area (Å²) < 4.78 is 0. The van der Waals surface area contributed by atoms with Gasteiger partial charge in [-0.15, -0.1) is 0 Å². The van der Waals surface area contributed by atoms with Gasteiger partial charge in [0, 0.05) is 7.05 Å². The van der Waals surface area contributed by atoms with E-state index in [4.69, 9.17) is 0 Å². The minimum Gasteiger partial charge on any atom is -0.359 e. The minimum absolute atomic E-state index is 0.0677. The van der Waals surface area contributed by atoms with Gasteiger partial charge >= 0.3 is 0 Å². The molecule has 1 rings (SSSR count). The first-order chi connectivity index (χ1) is 6.65. The fourth-order valence-electron chi connectivity index (χ4n) is 1.52. The standard InChI is InChI=1S/C12H17NO/c1-9(2)11-7-5-4-6-10(11)8-12(14)13-3/h4-7,9H,8H2,1-3H3,(H,13,14). The summed E-state index contributed by atoms with van der Waals surface area (Å²) in [5.74, 6) is 0.536. The molecule has 0 saturated carbocycles. The van der Waals surface area contributed by atoms with Crippen LogP contribution in [0.1, 0.15) is 30.9 Å². The highest BCUT2D eigenvalue weighted by molar-refractivity contribution is 5.78. The Morgan fingerprint density at radius 3 is 2.57 bits per heavy atom. The van der Waals surface area contributed by atoms with Crippen LogP contribution in [0.25, 0.3) is 0 Å². The number of amides is 1. The van der Waals surface area contributed by atoms with Crippen molar-refractivity contribution in [2.45, 2.75) is 26.2 Å². The molecule has 0 fully saturated rings. The number of rotatable bonds is 3. The summed E-state index contributed by atoms with van der Waals surface area (Å²) in [5, 5.41) is 2.64. The molecule has 0 unspecified atom stereocenters. The zero-order valence-electron chi connectivity index (χ0n) is 9.00. The van der Waals surface area contributed by atoms with Crippen molar-refractivity contribution in [2.24, 2.45) is 0 Å². The van der Waals surface area contributed by atoms with Crippen LogP contribution in [0.15, 0.2) is 24.3 Å². The molecule has 1 aromatic rings. The molecule has 0 bridgehead atoms. The van der Waals surface area contributed by atoms with Crippen LogP contribution in [0.3, 0.4) is 0 Å². The lowest BCUT2D eigenvalue weighted by Gasteiger charge is -2.11. The lowest BCUT2D eigenvalue weighted by Crippen LogP contribution is -2.20. The maximum absolute atomic E-state index is 11.2. The third-order valence-corrected chi connectivity index (χ3v) is 2.31. The molecule has 0 aliphatic carbocycles. The van der Waals surface area contributed by atoms with E-state index in [0.717, 1.165) is 5.56 Å². The van der Waals surface area contributed by atoms with Crippen LogP contribution in [0.5, 0.6) is 0 Å². The van der Waals surface area contributed by atoms with E-state index in [1.54, 1.807) is 7.05 Å². The van der Waals surface area contributed by atoms with Gasteiger partial charge in [0.15, 0.2) is 0 Å². The number of likely N-dealkylation sites (N-methyl/N-ethyl adjacent to an activating group) is 1. The first kappa shape index (κ1) is 10.8. The maximum atomic E-state index is 11.2. The zero-order valence-corrected chi connectivity index (χ0v) is 9.00. The first-order valence-electron chi connectivity index (χ1n) is 4.93. The fourth-order valence-corrected chi connectivity index (χ4v) is 1.52. The van der Waals surface area contributed by atoms with Gasteiger partial charge in [-0.05, 0) is 17.0 Å². The summed E-state index contributed by atoms with van der Waals surface area (Å²) in [6.07, 6.45) is 0.477. The smallest absolute Gasteiger partial charge is 0.224 e. The van der Waals surface area contributed by atoms with Gasteiger partial charge in [0.25, 0.3) is 0 Å². The van der Waals surface area contributed by atoms with E-state index in [0.29, 0.717) is 12.3 Å². The fraction of sp³-hybridized carbons (Fsp3) is 0.417. The molecule has 0 aliphatic heterocycles. The van der Waals surface area contributed by atoms with Crippen LogP contribution < -0.4 is 5.32 Å². The Kier molecular flexibility index (Phi) is 3.69. The van der Waals surface area contributed by atoms with Crippen molar-refractivity contribution < 1.29 is 4.79 Å². The molecule has 0 heterocycles. The average molecular weight is 191 g/mol. The summed E-state index contributed by atoms with van der Waals surface area (Å²) in [4.78, 5) is 11.2. The molecule has 2 heteroatoms. The van der Waals surface area contributed by atoms with Gasteiger partial charge < -0.3 is 5.32 Å². The number of carbonyl (C=O) groups excluding carboxylic acids is 1. The lowest BCUT2D eigenvalue weighted by molar-refractivity contribution is -0.119. The molecule has 1 amide bonds. The average Bonchev–Trinajstić information content (AvgIpc) is 2.18. The molecule has 0 radical (unpaired) electrons. The summed E-state index contributed by atoms with van der Waals surface area (Å²) in [6.45, 7) is 4.28. The molecule has 0 saturated heterocycles. The van der Waals surface area contributed by atoms with Gasteiger partial charge in [-0.1, -0.05) is 38.1 Å². The molecule has 0 spiro atoms. The molecule has 2 nitrogen and oxygen atoms in total. The maximum Gasteiger partial charge on any atom is 0.224 e. The molecule has 1 N–H and O–H groups in total. The van der Waals surface area contributed by atoms with Crippen LogP contribution >= 0.6 is 0 Å². The van der Waals surface area contributed by atoms with Crippen molar-refractivity contribution in [1.29, 1.82) is 0 Å². The summed E-state index contributed by atoms with van der Waals surface area (Å²) in [7, 11) is 1.67. The number of nitrogens with one attached hydrogen (secondary N) is 1. The van der Waals surface area contributed by atoms with E-state index in [2.05, 4.69) is 25.2 Å². The Labute approximate surface area is 85.3 Å². The Bertz CT molecular complexity index is 318. The van der Waals surface area contributed by atoms with Crippen LogP contribution in [-0.2, 0) is 11.2 Å². The van der Waals surface area contributed by atoms with Crippen molar-refractivity contribution in [3.63, 3.8) is 0 Å². The van der Waals surface area contributed by atoms with E-state index >= 15 is 0 Å². The van der Waals surface area contributed by atoms with Crippen molar-refractivity contribution >= 4 is 5.91 Å². The molecule has 0 atom stereocenters. The Balaban J connectivity index is 2.90. The molecule has 14 heavy (non-hydrogen) atoms. The van der Waals surface area contributed by atoms with Crippen LogP contribution in [0.4, 0.5) is 0 Å². The quantitative estimate of drug-likeness (QED) is 0.778. The molecule has 76 valence electrons. The highest BCUT2D eigenvalue weighted by Gasteiger charge is 2.08. The first-order valence-corrected chi connectivity index (χ1v) is 4.93. The van der Waals surface area contributed by atoms with Crippen LogP contribution in [0, 0.1) is 0 Å². The lowest BCUT2D eigenvalue weighted by atomic mass is 9.95. The predicted molar refractivity (Wildman–Crippen MR) is 58.3 cm³/mol. The second-order valence-corrected chi connectivity index (χ2v) is 3.70. The molecule has 0 aliphatic rings. The van der Waals surface area contributed by atoms with E-state index in [-0.39, 0.29) is 5.91 Å². The highest BCUT2D eigenvalue weighted by atomic mass is 16.1. The second-order valence-electron chi connectivity index (χ2n) is 3.70. The monoisotopic (exact) mass is 191 g/mol. The third kappa shape index (κ3) is 2.59. The van der Waals surface area contributed by atoms with Crippen molar-refractivity contribution in [3.8, 4) is 0 Å². The zero-order chi connectivity index (χ0) is 10.6. The van der Waals surface area contributed by atoms with Gasteiger partial charge in [0.2, 0.25) is 5.91 Å². The predicted octanol–water partition coefficient (Wildman–Crippen LogP) is 2.10.